The molecule has 0 aliphatic carbocycles. The van der Waals surface area contributed by atoms with Gasteiger partial charge in [-0.05, 0) is 12.5 Å². The van der Waals surface area contributed by atoms with Gasteiger partial charge in [0.2, 0.25) is 0 Å². The maximum atomic E-state index is 11.1. The van der Waals surface area contributed by atoms with Crippen LogP contribution >= 0.6 is 0 Å². The Morgan fingerprint density at radius 3 is 2.69 bits per heavy atom. The lowest BCUT2D eigenvalue weighted by Gasteiger charge is -2.11. The zero-order chi connectivity index (χ0) is 9.84. The van der Waals surface area contributed by atoms with Gasteiger partial charge in [0.15, 0.2) is 5.78 Å². The van der Waals surface area contributed by atoms with Crippen molar-refractivity contribution < 1.29 is 9.90 Å². The van der Waals surface area contributed by atoms with Gasteiger partial charge >= 0.3 is 0 Å². The summed E-state index contributed by atoms with van der Waals surface area (Å²) in [5.41, 5.74) is 6.46. The van der Waals surface area contributed by atoms with Gasteiger partial charge in [-0.3, -0.25) is 4.79 Å². The summed E-state index contributed by atoms with van der Waals surface area (Å²) in [6.45, 7) is 1.60. The molecule has 1 atom stereocenters. The van der Waals surface area contributed by atoms with Crippen LogP contribution in [0.1, 0.15) is 28.9 Å². The molecule has 0 amide bonds. The molecule has 0 unspecified atom stereocenters. The van der Waals surface area contributed by atoms with Gasteiger partial charge in [0.25, 0.3) is 0 Å². The minimum Gasteiger partial charge on any atom is -0.387 e. The van der Waals surface area contributed by atoms with Crippen LogP contribution in [-0.2, 0) is 0 Å². The Morgan fingerprint density at radius 2 is 2.15 bits per heavy atom. The molecule has 0 saturated heterocycles. The third-order valence-electron chi connectivity index (χ3n) is 1.92. The van der Waals surface area contributed by atoms with Crippen molar-refractivity contribution in [1.29, 1.82) is 0 Å². The Morgan fingerprint density at radius 1 is 1.54 bits per heavy atom. The monoisotopic (exact) mass is 179 g/mol. The molecule has 0 bridgehead atoms. The summed E-state index contributed by atoms with van der Waals surface area (Å²) in [5, 5.41) is 9.48. The van der Waals surface area contributed by atoms with Gasteiger partial charge in [-0.25, -0.2) is 0 Å². The summed E-state index contributed by atoms with van der Waals surface area (Å²) in [6.07, 6.45) is -0.750. The van der Waals surface area contributed by atoms with Crippen LogP contribution in [0.2, 0.25) is 0 Å². The van der Waals surface area contributed by atoms with Gasteiger partial charge in [-0.15, -0.1) is 0 Å². The van der Waals surface area contributed by atoms with E-state index in [0.717, 1.165) is 0 Å². The Balaban J connectivity index is 3.11. The van der Waals surface area contributed by atoms with Crippen LogP contribution in [0.3, 0.4) is 0 Å². The lowest BCUT2D eigenvalue weighted by Crippen LogP contribution is -2.14. The van der Waals surface area contributed by atoms with Gasteiger partial charge < -0.3 is 10.8 Å². The lowest BCUT2D eigenvalue weighted by molar-refractivity contribution is 0.101. The quantitative estimate of drug-likeness (QED) is 0.677. The first-order valence-corrected chi connectivity index (χ1v) is 4.14. The number of aliphatic hydroxyl groups is 1. The van der Waals surface area contributed by atoms with Crippen LogP contribution in [0.25, 0.3) is 0 Å². The lowest BCUT2D eigenvalue weighted by atomic mass is 10.00. The van der Waals surface area contributed by atoms with Crippen LogP contribution in [0, 0.1) is 0 Å². The summed E-state index contributed by atoms with van der Waals surface area (Å²) in [7, 11) is 0. The molecule has 0 aliphatic rings. The predicted octanol–water partition coefficient (Wildman–Crippen LogP) is 0.881. The minimum absolute atomic E-state index is 0.0527. The van der Waals surface area contributed by atoms with Crippen molar-refractivity contribution in [3.05, 3.63) is 35.4 Å². The average Bonchev–Trinajstić information content (AvgIpc) is 2.16. The van der Waals surface area contributed by atoms with Crippen LogP contribution in [0.5, 0.6) is 0 Å². The molecule has 0 spiro atoms. The van der Waals surface area contributed by atoms with E-state index in [1.54, 1.807) is 24.3 Å². The van der Waals surface area contributed by atoms with Gasteiger partial charge in [-0.1, -0.05) is 24.3 Å². The van der Waals surface area contributed by atoms with E-state index in [0.29, 0.717) is 11.1 Å². The number of nitrogens with two attached hydrogens (primary N) is 1. The summed E-state index contributed by atoms with van der Waals surface area (Å²) in [6, 6.07) is 6.95. The summed E-state index contributed by atoms with van der Waals surface area (Å²) in [5.74, 6) is -0.0527. The molecule has 1 aromatic rings. The van der Waals surface area contributed by atoms with Crippen LogP contribution in [-0.4, -0.2) is 17.4 Å². The Bertz CT molecular complexity index is 310. The number of benzene rings is 1. The molecule has 1 aromatic carbocycles. The number of carbonyl (C=O) groups is 1. The third-order valence-corrected chi connectivity index (χ3v) is 1.92. The minimum atomic E-state index is -0.750. The first kappa shape index (κ1) is 9.89. The van der Waals surface area contributed by atoms with Crippen LogP contribution in [0.4, 0.5) is 0 Å². The highest BCUT2D eigenvalue weighted by Crippen LogP contribution is 2.17. The largest absolute Gasteiger partial charge is 0.387 e. The fourth-order valence-electron chi connectivity index (χ4n) is 1.24. The highest BCUT2D eigenvalue weighted by atomic mass is 16.3. The molecule has 0 fully saturated rings. The van der Waals surface area contributed by atoms with Crippen LogP contribution in [0.15, 0.2) is 24.3 Å². The topological polar surface area (TPSA) is 63.3 Å². The molecular formula is C10H13NO2. The van der Waals surface area contributed by atoms with E-state index in [9.17, 15) is 9.90 Å². The van der Waals surface area contributed by atoms with Crippen LogP contribution < -0.4 is 5.73 Å². The number of rotatable bonds is 3. The maximum Gasteiger partial charge on any atom is 0.160 e. The van der Waals surface area contributed by atoms with Gasteiger partial charge in [-0.2, -0.15) is 0 Å². The summed E-state index contributed by atoms with van der Waals surface area (Å²) < 4.78 is 0. The molecule has 0 heterocycles. The van der Waals surface area contributed by atoms with Crippen molar-refractivity contribution >= 4 is 5.78 Å². The molecule has 3 N–H and O–H groups in total. The molecule has 1 rings (SSSR count). The molecule has 0 radical (unpaired) electrons. The van der Waals surface area contributed by atoms with E-state index < -0.39 is 6.10 Å². The number of Topliss-reactive ketones (excluding diaryl/α,β-unsaturated/α-hetero) is 1. The second-order valence-electron chi connectivity index (χ2n) is 2.89. The maximum absolute atomic E-state index is 11.1. The third kappa shape index (κ3) is 2.14. The van der Waals surface area contributed by atoms with Crippen molar-refractivity contribution in [2.45, 2.75) is 13.0 Å². The second kappa shape index (κ2) is 4.16. The Labute approximate surface area is 77.2 Å². The number of hydrogen-bond acceptors (Lipinski definition) is 3. The summed E-state index contributed by atoms with van der Waals surface area (Å²) in [4.78, 5) is 11.1. The average molecular weight is 179 g/mol. The van der Waals surface area contributed by atoms with E-state index in [1.807, 2.05) is 0 Å². The first-order valence-electron chi connectivity index (χ1n) is 4.14. The molecule has 3 heteroatoms. The highest BCUT2D eigenvalue weighted by molar-refractivity contribution is 5.95. The van der Waals surface area contributed by atoms with E-state index in [2.05, 4.69) is 0 Å². The first-order chi connectivity index (χ1) is 6.16. The van der Waals surface area contributed by atoms with Crippen molar-refractivity contribution in [2.24, 2.45) is 5.73 Å². The normalized spacial score (nSPS) is 12.5. The van der Waals surface area contributed by atoms with Gasteiger partial charge in [0, 0.05) is 12.1 Å². The standard InChI is InChI=1S/C10H13NO2/c1-7(12)8-4-2-3-5-9(8)10(13)6-11/h2-5,10,13H,6,11H2,1H3/t10-/m0/s1. The van der Waals surface area contributed by atoms with Gasteiger partial charge in [0.1, 0.15) is 0 Å². The summed E-state index contributed by atoms with van der Waals surface area (Å²) >= 11 is 0. The van der Waals surface area contributed by atoms with E-state index in [4.69, 9.17) is 5.73 Å². The molecule has 3 nitrogen and oxygen atoms in total. The smallest absolute Gasteiger partial charge is 0.160 e. The number of hydrogen-bond donors (Lipinski definition) is 2. The Hall–Kier alpha value is -1.19. The van der Waals surface area contributed by atoms with Crippen molar-refractivity contribution in [2.75, 3.05) is 6.54 Å². The molecular weight excluding hydrogens is 166 g/mol. The molecule has 13 heavy (non-hydrogen) atoms. The van der Waals surface area contributed by atoms with Crippen molar-refractivity contribution in [3.8, 4) is 0 Å². The zero-order valence-corrected chi connectivity index (χ0v) is 7.53. The predicted molar refractivity (Wildman–Crippen MR) is 50.5 cm³/mol. The molecule has 70 valence electrons. The number of carbonyl (C=O) groups excluding carboxylic acids is 1. The fraction of sp³-hybridized carbons (Fsp3) is 0.300. The Kier molecular flexibility index (Phi) is 3.17. The fourth-order valence-corrected chi connectivity index (χ4v) is 1.24. The molecule has 0 saturated carbocycles. The zero-order valence-electron chi connectivity index (χ0n) is 7.53. The number of aliphatic hydroxyl groups excluding tert-OH is 1. The van der Waals surface area contributed by atoms with E-state index >= 15 is 0 Å². The molecule has 0 aliphatic heterocycles. The number of ketones is 1. The van der Waals surface area contributed by atoms with Crippen molar-refractivity contribution in [1.82, 2.24) is 0 Å². The second-order valence-corrected chi connectivity index (χ2v) is 2.89. The van der Waals surface area contributed by atoms with Gasteiger partial charge in [0.05, 0.1) is 6.10 Å². The van der Waals surface area contributed by atoms with E-state index in [-0.39, 0.29) is 12.3 Å². The SMILES string of the molecule is CC(=O)c1ccccc1[C@@H](O)CN. The molecule has 0 aromatic heterocycles. The van der Waals surface area contributed by atoms with Crippen molar-refractivity contribution in [3.63, 3.8) is 0 Å². The highest BCUT2D eigenvalue weighted by Gasteiger charge is 2.12. The van der Waals surface area contributed by atoms with E-state index in [1.165, 1.54) is 6.92 Å².